The van der Waals surface area contributed by atoms with Crippen molar-refractivity contribution in [2.45, 2.75) is 32.9 Å². The maximum absolute atomic E-state index is 11.7. The molecule has 0 fully saturated rings. The van der Waals surface area contributed by atoms with Crippen LogP contribution in [0.15, 0.2) is 24.3 Å². The average molecular weight is 276 g/mol. The SMILES string of the molecule is CCC[n+]1c(C(C)NC(=O)COC)[nH]c2ccccc21. The summed E-state index contributed by atoms with van der Waals surface area (Å²) >= 11 is 0. The third kappa shape index (κ3) is 2.99. The van der Waals surface area contributed by atoms with Crippen LogP contribution in [0.5, 0.6) is 0 Å². The monoisotopic (exact) mass is 276 g/mol. The molecule has 1 heterocycles. The van der Waals surface area contributed by atoms with Crippen molar-refractivity contribution in [1.82, 2.24) is 10.3 Å². The van der Waals surface area contributed by atoms with E-state index in [0.717, 1.165) is 29.8 Å². The molecule has 0 aliphatic rings. The highest BCUT2D eigenvalue weighted by molar-refractivity contribution is 5.77. The number of aromatic amines is 1. The number of carbonyl (C=O) groups excluding carboxylic acids is 1. The molecule has 2 rings (SSSR count). The van der Waals surface area contributed by atoms with Gasteiger partial charge in [-0.05, 0) is 25.5 Å². The Morgan fingerprint density at radius 1 is 1.45 bits per heavy atom. The first kappa shape index (κ1) is 14.5. The van der Waals surface area contributed by atoms with Gasteiger partial charge in [0.2, 0.25) is 5.91 Å². The quantitative estimate of drug-likeness (QED) is 0.789. The van der Waals surface area contributed by atoms with E-state index in [1.54, 1.807) is 0 Å². The van der Waals surface area contributed by atoms with E-state index in [4.69, 9.17) is 4.74 Å². The van der Waals surface area contributed by atoms with Crippen molar-refractivity contribution in [2.75, 3.05) is 13.7 Å². The lowest BCUT2D eigenvalue weighted by atomic mass is 10.3. The lowest BCUT2D eigenvalue weighted by Crippen LogP contribution is -2.42. The molecule has 2 aromatic rings. The molecule has 108 valence electrons. The summed E-state index contributed by atoms with van der Waals surface area (Å²) in [4.78, 5) is 15.1. The molecule has 5 nitrogen and oxygen atoms in total. The standard InChI is InChI=1S/C15H21N3O2/c1-4-9-18-13-8-6-5-7-12(13)17-15(18)11(2)16-14(19)10-20-3/h5-8,11H,4,9-10H2,1-3H3,(H,16,19)/p+1. The molecule has 1 atom stereocenters. The molecule has 1 aromatic carbocycles. The Kier molecular flexibility index (Phi) is 4.74. The number of fused-ring (bicyclic) bond motifs is 1. The largest absolute Gasteiger partial charge is 0.375 e. The predicted octanol–water partition coefficient (Wildman–Crippen LogP) is 1.69. The summed E-state index contributed by atoms with van der Waals surface area (Å²) < 4.78 is 7.08. The number of amides is 1. The summed E-state index contributed by atoms with van der Waals surface area (Å²) in [5, 5.41) is 2.94. The molecule has 0 aliphatic heterocycles. The molecule has 5 heteroatoms. The molecule has 0 saturated heterocycles. The van der Waals surface area contributed by atoms with Gasteiger partial charge < -0.3 is 10.1 Å². The van der Waals surface area contributed by atoms with E-state index in [2.05, 4.69) is 33.9 Å². The molecular formula is C15H22N3O2+. The second-order valence-electron chi connectivity index (χ2n) is 4.90. The Morgan fingerprint density at radius 2 is 2.20 bits per heavy atom. The van der Waals surface area contributed by atoms with Crippen LogP contribution in [0.2, 0.25) is 0 Å². The van der Waals surface area contributed by atoms with Crippen molar-refractivity contribution in [3.63, 3.8) is 0 Å². The normalized spacial score (nSPS) is 12.6. The Balaban J connectivity index is 2.32. The second-order valence-corrected chi connectivity index (χ2v) is 4.90. The van der Waals surface area contributed by atoms with Gasteiger partial charge in [0.15, 0.2) is 11.0 Å². The molecule has 2 N–H and O–H groups in total. The molecule has 0 bridgehead atoms. The first-order chi connectivity index (χ1) is 9.67. The zero-order valence-electron chi connectivity index (χ0n) is 12.3. The van der Waals surface area contributed by atoms with Gasteiger partial charge in [-0.15, -0.1) is 0 Å². The number of aryl methyl sites for hydroxylation is 1. The van der Waals surface area contributed by atoms with E-state index in [0.29, 0.717) is 0 Å². The Bertz CT molecular complexity index is 592. The van der Waals surface area contributed by atoms with Gasteiger partial charge in [-0.2, -0.15) is 0 Å². The zero-order chi connectivity index (χ0) is 14.5. The van der Waals surface area contributed by atoms with Gasteiger partial charge in [0, 0.05) is 7.11 Å². The third-order valence-electron chi connectivity index (χ3n) is 3.26. The van der Waals surface area contributed by atoms with E-state index in [9.17, 15) is 4.79 Å². The molecule has 20 heavy (non-hydrogen) atoms. The van der Waals surface area contributed by atoms with E-state index < -0.39 is 0 Å². The summed E-state index contributed by atoms with van der Waals surface area (Å²) in [5.41, 5.74) is 2.25. The number of ether oxygens (including phenoxy) is 1. The van der Waals surface area contributed by atoms with Crippen LogP contribution in [0.1, 0.15) is 32.1 Å². The number of nitrogens with zero attached hydrogens (tertiary/aromatic N) is 1. The van der Waals surface area contributed by atoms with Crippen molar-refractivity contribution in [3.05, 3.63) is 30.1 Å². The van der Waals surface area contributed by atoms with Crippen molar-refractivity contribution >= 4 is 16.9 Å². The number of para-hydroxylation sites is 2. The number of hydrogen-bond acceptors (Lipinski definition) is 2. The van der Waals surface area contributed by atoms with Crippen LogP contribution in [0.3, 0.4) is 0 Å². The van der Waals surface area contributed by atoms with Crippen LogP contribution in [-0.4, -0.2) is 24.6 Å². The number of methoxy groups -OCH3 is 1. The van der Waals surface area contributed by atoms with Crippen LogP contribution in [0, 0.1) is 0 Å². The molecule has 0 aliphatic carbocycles. The minimum atomic E-state index is -0.110. The summed E-state index contributed by atoms with van der Waals surface area (Å²) in [7, 11) is 1.52. The van der Waals surface area contributed by atoms with Crippen LogP contribution in [0.25, 0.3) is 11.0 Å². The van der Waals surface area contributed by atoms with Crippen LogP contribution >= 0.6 is 0 Å². The maximum Gasteiger partial charge on any atom is 0.277 e. The minimum Gasteiger partial charge on any atom is -0.375 e. The second kappa shape index (κ2) is 6.52. The van der Waals surface area contributed by atoms with Gasteiger partial charge in [0.25, 0.3) is 5.82 Å². The maximum atomic E-state index is 11.7. The number of carbonyl (C=O) groups is 1. The molecule has 0 radical (unpaired) electrons. The number of hydrogen-bond donors (Lipinski definition) is 2. The van der Waals surface area contributed by atoms with E-state index in [1.807, 2.05) is 19.1 Å². The predicted molar refractivity (Wildman–Crippen MR) is 77.2 cm³/mol. The van der Waals surface area contributed by atoms with Gasteiger partial charge >= 0.3 is 0 Å². The van der Waals surface area contributed by atoms with Crippen molar-refractivity contribution in [1.29, 1.82) is 0 Å². The number of nitrogens with one attached hydrogen (secondary N) is 2. The van der Waals surface area contributed by atoms with Crippen molar-refractivity contribution in [3.8, 4) is 0 Å². The zero-order valence-corrected chi connectivity index (χ0v) is 12.3. The fourth-order valence-electron chi connectivity index (χ4n) is 2.44. The number of H-pyrrole nitrogens is 1. The van der Waals surface area contributed by atoms with Crippen molar-refractivity contribution < 1.29 is 14.1 Å². The highest BCUT2D eigenvalue weighted by Crippen LogP contribution is 2.14. The first-order valence-corrected chi connectivity index (χ1v) is 6.96. The molecule has 1 aromatic heterocycles. The smallest absolute Gasteiger partial charge is 0.277 e. The lowest BCUT2D eigenvalue weighted by molar-refractivity contribution is -0.680. The Morgan fingerprint density at radius 3 is 2.90 bits per heavy atom. The van der Waals surface area contributed by atoms with Gasteiger partial charge in [-0.25, -0.2) is 9.55 Å². The van der Waals surface area contributed by atoms with Crippen LogP contribution < -0.4 is 9.88 Å². The van der Waals surface area contributed by atoms with Gasteiger partial charge in [0.1, 0.15) is 12.6 Å². The van der Waals surface area contributed by atoms with Gasteiger partial charge in [0.05, 0.1) is 6.54 Å². The number of imidazole rings is 1. The molecule has 1 amide bonds. The van der Waals surface area contributed by atoms with Gasteiger partial charge in [-0.3, -0.25) is 4.79 Å². The Hall–Kier alpha value is -1.88. The van der Waals surface area contributed by atoms with E-state index in [-0.39, 0.29) is 18.6 Å². The van der Waals surface area contributed by atoms with Crippen LogP contribution in [0.4, 0.5) is 0 Å². The van der Waals surface area contributed by atoms with E-state index >= 15 is 0 Å². The Labute approximate surface area is 118 Å². The number of aromatic nitrogens is 2. The topological polar surface area (TPSA) is 58.0 Å². The highest BCUT2D eigenvalue weighted by Gasteiger charge is 2.24. The average Bonchev–Trinajstić information content (AvgIpc) is 2.79. The molecule has 1 unspecified atom stereocenters. The summed E-state index contributed by atoms with van der Waals surface area (Å²) in [6.07, 6.45) is 1.04. The molecule has 0 spiro atoms. The van der Waals surface area contributed by atoms with E-state index in [1.165, 1.54) is 7.11 Å². The summed E-state index contributed by atoms with van der Waals surface area (Å²) in [6, 6.07) is 8.09. The molecular weight excluding hydrogens is 254 g/mol. The fraction of sp³-hybridized carbons (Fsp3) is 0.467. The summed E-state index contributed by atoms with van der Waals surface area (Å²) in [6.45, 7) is 5.12. The number of benzene rings is 1. The van der Waals surface area contributed by atoms with Gasteiger partial charge in [-0.1, -0.05) is 19.1 Å². The third-order valence-corrected chi connectivity index (χ3v) is 3.26. The summed E-state index contributed by atoms with van der Waals surface area (Å²) in [5.74, 6) is 0.902. The van der Waals surface area contributed by atoms with Crippen molar-refractivity contribution in [2.24, 2.45) is 0 Å². The minimum absolute atomic E-state index is 0.0817. The van der Waals surface area contributed by atoms with Crippen LogP contribution in [-0.2, 0) is 16.1 Å². The fourth-order valence-corrected chi connectivity index (χ4v) is 2.44. The number of rotatable bonds is 6. The molecule has 0 saturated carbocycles. The highest BCUT2D eigenvalue weighted by atomic mass is 16.5. The first-order valence-electron chi connectivity index (χ1n) is 6.96. The lowest BCUT2D eigenvalue weighted by Gasteiger charge is -2.10.